The molecule has 0 aliphatic heterocycles. The van der Waals surface area contributed by atoms with E-state index < -0.39 is 16.8 Å². The Morgan fingerprint density at radius 3 is 1.66 bits per heavy atom. The number of carbonyl (C=O) groups is 1. The summed E-state index contributed by atoms with van der Waals surface area (Å²) in [4.78, 5) is 12.2. The van der Waals surface area contributed by atoms with Gasteiger partial charge >= 0.3 is 5.97 Å². The van der Waals surface area contributed by atoms with Gasteiger partial charge in [0.2, 0.25) is 0 Å². The van der Waals surface area contributed by atoms with Crippen molar-refractivity contribution >= 4 is 5.97 Å². The number of carbonyl (C=O) groups excluding carboxylic acids is 1. The monoisotopic (exact) mass is 410 g/mol. The second kappa shape index (κ2) is 8.29. The summed E-state index contributed by atoms with van der Waals surface area (Å²) in [5, 5.41) is 0. The Kier molecular flexibility index (Phi) is 6.50. The molecular weight excluding hydrogens is 372 g/mol. The van der Waals surface area contributed by atoms with Crippen LogP contribution < -0.4 is 0 Å². The maximum Gasteiger partial charge on any atom is 0.330 e. The first-order valence-electron chi connectivity index (χ1n) is 10.9. The van der Waals surface area contributed by atoms with Crippen LogP contribution in [0.4, 0.5) is 0 Å². The van der Waals surface area contributed by atoms with Gasteiger partial charge in [-0.25, -0.2) is 4.79 Å². The molecule has 4 saturated carbocycles. The standard InChI is InChI=1S/C23H38O6/c1-8-18(24)27-21-9-17-10-22(12-21,28-19(25-6)15(2)3)14-23(11-17,13-21)29-20(26-7)16(4)5/h8,15-17,19-20H,1,9-14H2,2-7H3. The molecule has 0 aromatic heterocycles. The van der Waals surface area contributed by atoms with Gasteiger partial charge in [-0.05, 0) is 25.2 Å². The topological polar surface area (TPSA) is 63.2 Å². The third kappa shape index (κ3) is 4.55. The van der Waals surface area contributed by atoms with Crippen molar-refractivity contribution in [2.45, 2.75) is 95.6 Å². The van der Waals surface area contributed by atoms with Gasteiger partial charge in [-0.2, -0.15) is 0 Å². The van der Waals surface area contributed by atoms with E-state index in [9.17, 15) is 4.79 Å². The fourth-order valence-electron chi connectivity index (χ4n) is 6.21. The average Bonchev–Trinajstić information content (AvgIpc) is 2.62. The molecular formula is C23H38O6. The molecule has 6 heteroatoms. The van der Waals surface area contributed by atoms with Crippen molar-refractivity contribution in [1.82, 2.24) is 0 Å². The van der Waals surface area contributed by atoms with Crippen LogP contribution in [0.15, 0.2) is 12.7 Å². The lowest BCUT2D eigenvalue weighted by molar-refractivity contribution is -0.341. The average molecular weight is 411 g/mol. The summed E-state index contributed by atoms with van der Waals surface area (Å²) in [6.07, 6.45) is 5.48. The zero-order valence-electron chi connectivity index (χ0n) is 18.9. The first-order valence-corrected chi connectivity index (χ1v) is 10.9. The second-order valence-electron chi connectivity index (χ2n) is 10.1. The van der Waals surface area contributed by atoms with E-state index in [0.29, 0.717) is 18.8 Å². The Morgan fingerprint density at radius 2 is 1.28 bits per heavy atom. The van der Waals surface area contributed by atoms with Crippen LogP contribution in [0.3, 0.4) is 0 Å². The molecule has 29 heavy (non-hydrogen) atoms. The molecule has 0 amide bonds. The first kappa shape index (κ1) is 22.7. The van der Waals surface area contributed by atoms with Crippen molar-refractivity contribution in [2.75, 3.05) is 14.2 Å². The summed E-state index contributed by atoms with van der Waals surface area (Å²) >= 11 is 0. The van der Waals surface area contributed by atoms with Crippen LogP contribution in [0.5, 0.6) is 0 Å². The first-order chi connectivity index (χ1) is 13.6. The van der Waals surface area contributed by atoms with Gasteiger partial charge in [-0.15, -0.1) is 0 Å². The molecule has 6 nitrogen and oxygen atoms in total. The van der Waals surface area contributed by atoms with Crippen molar-refractivity contribution in [3.05, 3.63) is 12.7 Å². The summed E-state index contributed by atoms with van der Waals surface area (Å²) in [6.45, 7) is 12.0. The van der Waals surface area contributed by atoms with Gasteiger partial charge in [0, 0.05) is 51.4 Å². The van der Waals surface area contributed by atoms with E-state index in [0.717, 1.165) is 25.7 Å². The third-order valence-electron chi connectivity index (χ3n) is 6.68. The number of hydrogen-bond donors (Lipinski definition) is 0. The van der Waals surface area contributed by atoms with Crippen LogP contribution >= 0.6 is 0 Å². The maximum absolute atomic E-state index is 12.2. The second-order valence-corrected chi connectivity index (χ2v) is 10.1. The summed E-state index contributed by atoms with van der Waals surface area (Å²) in [5.41, 5.74) is -1.45. The quantitative estimate of drug-likeness (QED) is 0.305. The van der Waals surface area contributed by atoms with E-state index in [4.69, 9.17) is 23.7 Å². The normalized spacial score (nSPS) is 37.7. The molecule has 0 aromatic rings. The van der Waals surface area contributed by atoms with Crippen molar-refractivity contribution < 1.29 is 28.5 Å². The molecule has 4 unspecified atom stereocenters. The van der Waals surface area contributed by atoms with E-state index in [2.05, 4.69) is 34.3 Å². The minimum absolute atomic E-state index is 0.221. The van der Waals surface area contributed by atoms with Gasteiger partial charge in [0.05, 0.1) is 11.2 Å². The maximum atomic E-state index is 12.2. The Morgan fingerprint density at radius 1 is 0.862 bits per heavy atom. The van der Waals surface area contributed by atoms with Crippen LogP contribution in [0.25, 0.3) is 0 Å². The Bertz CT molecular complexity index is 580. The number of rotatable bonds is 10. The van der Waals surface area contributed by atoms with Gasteiger partial charge in [0.15, 0.2) is 12.6 Å². The highest BCUT2D eigenvalue weighted by molar-refractivity contribution is 5.81. The van der Waals surface area contributed by atoms with E-state index in [-0.39, 0.29) is 30.4 Å². The third-order valence-corrected chi connectivity index (χ3v) is 6.68. The molecule has 0 N–H and O–H groups in total. The van der Waals surface area contributed by atoms with Crippen molar-refractivity contribution in [3.63, 3.8) is 0 Å². The molecule has 4 atom stereocenters. The fraction of sp³-hybridized carbons (Fsp3) is 0.870. The zero-order chi connectivity index (χ0) is 21.4. The minimum Gasteiger partial charge on any atom is -0.456 e. The summed E-state index contributed by atoms with van der Waals surface area (Å²) in [6, 6.07) is 0. The Labute approximate surface area is 175 Å². The predicted molar refractivity (Wildman–Crippen MR) is 109 cm³/mol. The van der Waals surface area contributed by atoms with E-state index in [1.54, 1.807) is 14.2 Å². The molecule has 4 bridgehead atoms. The molecule has 4 aliphatic carbocycles. The molecule has 0 radical (unpaired) electrons. The highest BCUT2D eigenvalue weighted by Gasteiger charge is 2.67. The fourth-order valence-corrected chi connectivity index (χ4v) is 6.21. The van der Waals surface area contributed by atoms with Crippen molar-refractivity contribution in [1.29, 1.82) is 0 Å². The number of ether oxygens (including phenoxy) is 5. The molecule has 4 fully saturated rings. The number of hydrogen-bond acceptors (Lipinski definition) is 6. The van der Waals surface area contributed by atoms with Crippen molar-refractivity contribution in [2.24, 2.45) is 17.8 Å². The summed E-state index contributed by atoms with van der Waals surface area (Å²) < 4.78 is 30.6. The SMILES string of the molecule is C=CC(=O)OC12CC3CC(OC(OC)C(C)C)(C1)CC(OC(OC)C(C)C)(C3)C2. The van der Waals surface area contributed by atoms with Crippen LogP contribution in [0.2, 0.25) is 0 Å². The molecule has 0 aromatic carbocycles. The lowest BCUT2D eigenvalue weighted by Crippen LogP contribution is -2.69. The number of methoxy groups -OCH3 is 2. The summed E-state index contributed by atoms with van der Waals surface area (Å²) in [5.74, 6) is 0.438. The molecule has 0 spiro atoms. The lowest BCUT2D eigenvalue weighted by atomic mass is 9.50. The predicted octanol–water partition coefficient (Wildman–Crippen LogP) is 4.22. The molecule has 0 heterocycles. The van der Waals surface area contributed by atoms with Crippen LogP contribution in [0, 0.1) is 17.8 Å². The van der Waals surface area contributed by atoms with Crippen LogP contribution in [-0.4, -0.2) is 49.6 Å². The zero-order valence-corrected chi connectivity index (χ0v) is 18.9. The van der Waals surface area contributed by atoms with Gasteiger partial charge in [0.25, 0.3) is 0 Å². The molecule has 4 aliphatic rings. The molecule has 0 saturated heterocycles. The van der Waals surface area contributed by atoms with Gasteiger partial charge < -0.3 is 23.7 Å². The van der Waals surface area contributed by atoms with Crippen molar-refractivity contribution in [3.8, 4) is 0 Å². The lowest BCUT2D eigenvalue weighted by Gasteiger charge is -2.65. The highest BCUT2D eigenvalue weighted by Crippen LogP contribution is 2.63. The Hall–Kier alpha value is -0.950. The van der Waals surface area contributed by atoms with Gasteiger partial charge in [-0.3, -0.25) is 0 Å². The molecule has 166 valence electrons. The summed E-state index contributed by atoms with van der Waals surface area (Å²) in [7, 11) is 3.37. The van der Waals surface area contributed by atoms with E-state index in [1.165, 1.54) is 6.08 Å². The minimum atomic E-state index is -0.588. The van der Waals surface area contributed by atoms with E-state index >= 15 is 0 Å². The highest BCUT2D eigenvalue weighted by atomic mass is 16.7. The van der Waals surface area contributed by atoms with Crippen LogP contribution in [0.1, 0.15) is 66.2 Å². The van der Waals surface area contributed by atoms with Gasteiger partial charge in [0.1, 0.15) is 5.60 Å². The molecule has 4 rings (SSSR count). The van der Waals surface area contributed by atoms with Crippen LogP contribution in [-0.2, 0) is 28.5 Å². The number of esters is 1. The largest absolute Gasteiger partial charge is 0.456 e. The van der Waals surface area contributed by atoms with E-state index in [1.807, 2.05) is 0 Å². The smallest absolute Gasteiger partial charge is 0.330 e. The Balaban J connectivity index is 1.94. The van der Waals surface area contributed by atoms with Gasteiger partial charge in [-0.1, -0.05) is 34.3 Å².